The molecule has 0 aromatic rings. The summed E-state index contributed by atoms with van der Waals surface area (Å²) in [7, 11) is 0. The Hall–Kier alpha value is -1.06. The number of aliphatic carboxylic acids is 1. The van der Waals surface area contributed by atoms with Gasteiger partial charge in [0.25, 0.3) is 0 Å². The predicted molar refractivity (Wildman–Crippen MR) is 192 cm³/mol. The van der Waals surface area contributed by atoms with E-state index in [9.17, 15) is 14.7 Å². The average Bonchev–Trinajstić information content (AvgIpc) is 3.01. The lowest BCUT2D eigenvalue weighted by Gasteiger charge is -2.33. The van der Waals surface area contributed by atoms with Crippen LogP contribution in [-0.4, -0.2) is 35.0 Å². The zero-order valence-corrected chi connectivity index (χ0v) is 30.7. The van der Waals surface area contributed by atoms with Crippen molar-refractivity contribution in [1.82, 2.24) is 4.90 Å². The molecule has 0 aromatic carbocycles. The van der Waals surface area contributed by atoms with Gasteiger partial charge in [-0.05, 0) is 43.9 Å². The van der Waals surface area contributed by atoms with Gasteiger partial charge in [0.05, 0.1) is 0 Å². The maximum Gasteiger partial charge on any atom is 0.303 e. The molecule has 0 fully saturated rings. The smallest absolute Gasteiger partial charge is 0.303 e. The summed E-state index contributed by atoms with van der Waals surface area (Å²) < 4.78 is 0. The van der Waals surface area contributed by atoms with E-state index in [0.29, 0.717) is 24.2 Å². The maximum atomic E-state index is 14.0. The SMILES string of the molecule is CCCCCCCCCCCCCCCCCCCCC(CCCC(=O)O)C(=O)N(CC(CC)CCC)CC(CC)CCC. The Bertz CT molecular complexity index is 620. The van der Waals surface area contributed by atoms with E-state index in [-0.39, 0.29) is 12.3 Å². The van der Waals surface area contributed by atoms with Crippen LogP contribution in [0.5, 0.6) is 0 Å². The van der Waals surface area contributed by atoms with E-state index in [1.807, 2.05) is 0 Å². The van der Waals surface area contributed by atoms with Crippen LogP contribution in [0.1, 0.15) is 214 Å². The molecule has 0 saturated carbocycles. The minimum absolute atomic E-state index is 0.0197. The lowest BCUT2D eigenvalue weighted by atomic mass is 9.91. The number of hydrogen-bond acceptors (Lipinski definition) is 2. The van der Waals surface area contributed by atoms with E-state index in [4.69, 9.17) is 0 Å². The first-order valence-corrected chi connectivity index (χ1v) is 19.9. The van der Waals surface area contributed by atoms with Crippen LogP contribution in [0.2, 0.25) is 0 Å². The van der Waals surface area contributed by atoms with E-state index in [0.717, 1.165) is 58.0 Å². The van der Waals surface area contributed by atoms with Crippen molar-refractivity contribution in [2.45, 2.75) is 214 Å². The molecule has 4 nitrogen and oxygen atoms in total. The standard InChI is InChI=1S/C40H79NO3/c1-6-11-12-13-14-15-16-17-18-19-20-21-22-23-24-25-26-27-31-38(32-28-33-39(42)43)40(44)41(34-36(9-4)29-7-2)35-37(10-5)30-8-3/h36-38H,6-35H2,1-5H3,(H,42,43). The summed E-state index contributed by atoms with van der Waals surface area (Å²) in [6.45, 7) is 13.0. The van der Waals surface area contributed by atoms with E-state index in [1.165, 1.54) is 122 Å². The van der Waals surface area contributed by atoms with Crippen LogP contribution in [-0.2, 0) is 9.59 Å². The molecule has 0 saturated heterocycles. The largest absolute Gasteiger partial charge is 0.481 e. The van der Waals surface area contributed by atoms with Crippen molar-refractivity contribution in [3.63, 3.8) is 0 Å². The molecule has 0 spiro atoms. The first-order valence-electron chi connectivity index (χ1n) is 19.9. The number of nitrogens with zero attached hydrogens (tertiary/aromatic N) is 1. The molecular formula is C40H79NO3. The summed E-state index contributed by atoms with van der Waals surface area (Å²) in [5.41, 5.74) is 0. The molecule has 0 radical (unpaired) electrons. The Labute approximate surface area is 276 Å². The monoisotopic (exact) mass is 622 g/mol. The number of carbonyl (C=O) groups excluding carboxylic acids is 1. The minimum atomic E-state index is -0.746. The molecule has 0 bridgehead atoms. The Balaban J connectivity index is 4.49. The van der Waals surface area contributed by atoms with Crippen molar-refractivity contribution < 1.29 is 14.7 Å². The summed E-state index contributed by atoms with van der Waals surface area (Å²) in [5.74, 6) is 0.671. The lowest BCUT2D eigenvalue weighted by molar-refractivity contribution is -0.139. The fourth-order valence-electron chi connectivity index (χ4n) is 6.98. The van der Waals surface area contributed by atoms with Crippen LogP contribution >= 0.6 is 0 Å². The topological polar surface area (TPSA) is 57.6 Å². The second-order valence-electron chi connectivity index (χ2n) is 14.2. The first kappa shape index (κ1) is 42.9. The zero-order chi connectivity index (χ0) is 32.7. The highest BCUT2D eigenvalue weighted by molar-refractivity contribution is 5.79. The molecule has 0 aliphatic rings. The molecule has 0 aliphatic carbocycles. The normalized spacial score (nSPS) is 13.6. The Kier molecular flexibility index (Phi) is 31.1. The van der Waals surface area contributed by atoms with Crippen LogP contribution in [0.15, 0.2) is 0 Å². The van der Waals surface area contributed by atoms with E-state index < -0.39 is 5.97 Å². The lowest BCUT2D eigenvalue weighted by Crippen LogP contribution is -2.42. The number of hydrogen-bond donors (Lipinski definition) is 1. The molecular weight excluding hydrogens is 542 g/mol. The van der Waals surface area contributed by atoms with Gasteiger partial charge in [0.15, 0.2) is 0 Å². The fourth-order valence-corrected chi connectivity index (χ4v) is 6.98. The van der Waals surface area contributed by atoms with Gasteiger partial charge in [0.2, 0.25) is 5.91 Å². The molecule has 0 aliphatic heterocycles. The molecule has 0 rings (SSSR count). The van der Waals surface area contributed by atoms with E-state index in [2.05, 4.69) is 39.5 Å². The van der Waals surface area contributed by atoms with Gasteiger partial charge >= 0.3 is 5.97 Å². The van der Waals surface area contributed by atoms with Gasteiger partial charge in [-0.15, -0.1) is 0 Å². The molecule has 4 heteroatoms. The third-order valence-electron chi connectivity index (χ3n) is 10.0. The number of rotatable bonds is 34. The van der Waals surface area contributed by atoms with E-state index in [1.54, 1.807) is 0 Å². The van der Waals surface area contributed by atoms with Crippen LogP contribution < -0.4 is 0 Å². The highest BCUT2D eigenvalue weighted by Gasteiger charge is 2.27. The van der Waals surface area contributed by atoms with Gasteiger partial charge in [-0.2, -0.15) is 0 Å². The van der Waals surface area contributed by atoms with Crippen molar-refractivity contribution in [2.75, 3.05) is 13.1 Å². The molecule has 1 amide bonds. The predicted octanol–water partition coefficient (Wildman–Crippen LogP) is 12.8. The molecule has 0 heterocycles. The van der Waals surface area contributed by atoms with Crippen molar-refractivity contribution >= 4 is 11.9 Å². The number of unbranched alkanes of at least 4 members (excludes halogenated alkanes) is 17. The van der Waals surface area contributed by atoms with Gasteiger partial charge in [0, 0.05) is 25.4 Å². The highest BCUT2D eigenvalue weighted by atomic mass is 16.4. The summed E-state index contributed by atoms with van der Waals surface area (Å²) in [6, 6.07) is 0. The molecule has 3 unspecified atom stereocenters. The van der Waals surface area contributed by atoms with Crippen molar-refractivity contribution in [2.24, 2.45) is 17.8 Å². The van der Waals surface area contributed by atoms with Gasteiger partial charge < -0.3 is 10.0 Å². The average molecular weight is 622 g/mol. The second-order valence-corrected chi connectivity index (χ2v) is 14.2. The molecule has 44 heavy (non-hydrogen) atoms. The van der Waals surface area contributed by atoms with Crippen LogP contribution in [0, 0.1) is 17.8 Å². The third kappa shape index (κ3) is 25.2. The molecule has 262 valence electrons. The Morgan fingerprint density at radius 2 is 0.841 bits per heavy atom. The van der Waals surface area contributed by atoms with Crippen molar-refractivity contribution in [3.05, 3.63) is 0 Å². The summed E-state index contributed by atoms with van der Waals surface area (Å²) in [6.07, 6.45) is 33.9. The van der Waals surface area contributed by atoms with E-state index >= 15 is 0 Å². The fraction of sp³-hybridized carbons (Fsp3) is 0.950. The maximum absolute atomic E-state index is 14.0. The van der Waals surface area contributed by atoms with Crippen molar-refractivity contribution in [3.8, 4) is 0 Å². The Morgan fingerprint density at radius 1 is 0.477 bits per heavy atom. The number of carboxylic acid groups (broad SMARTS) is 1. The third-order valence-corrected chi connectivity index (χ3v) is 10.0. The molecule has 0 aromatic heterocycles. The minimum Gasteiger partial charge on any atom is -0.481 e. The number of carboxylic acids is 1. The van der Waals surface area contributed by atoms with Gasteiger partial charge in [-0.1, -0.05) is 176 Å². The van der Waals surface area contributed by atoms with Crippen molar-refractivity contribution in [1.29, 1.82) is 0 Å². The Morgan fingerprint density at radius 3 is 1.18 bits per heavy atom. The summed E-state index contributed by atoms with van der Waals surface area (Å²) in [5, 5.41) is 9.24. The van der Waals surface area contributed by atoms with Gasteiger partial charge in [-0.3, -0.25) is 9.59 Å². The molecule has 3 atom stereocenters. The first-order chi connectivity index (χ1) is 21.4. The van der Waals surface area contributed by atoms with Crippen LogP contribution in [0.25, 0.3) is 0 Å². The van der Waals surface area contributed by atoms with Crippen LogP contribution in [0.3, 0.4) is 0 Å². The highest BCUT2D eigenvalue weighted by Crippen LogP contribution is 2.25. The second kappa shape index (κ2) is 31.9. The quantitative estimate of drug-likeness (QED) is 0.0727. The summed E-state index contributed by atoms with van der Waals surface area (Å²) in [4.78, 5) is 27.5. The number of amides is 1. The summed E-state index contributed by atoms with van der Waals surface area (Å²) >= 11 is 0. The molecule has 1 N–H and O–H groups in total. The van der Waals surface area contributed by atoms with Gasteiger partial charge in [-0.25, -0.2) is 0 Å². The van der Waals surface area contributed by atoms with Gasteiger partial charge in [0.1, 0.15) is 0 Å². The zero-order valence-electron chi connectivity index (χ0n) is 30.7. The van der Waals surface area contributed by atoms with Crippen LogP contribution in [0.4, 0.5) is 0 Å². The number of carbonyl (C=O) groups is 2.